The van der Waals surface area contributed by atoms with E-state index in [0.29, 0.717) is 17.5 Å². The van der Waals surface area contributed by atoms with Gasteiger partial charge in [-0.05, 0) is 18.6 Å². The second-order valence-corrected chi connectivity index (χ2v) is 4.40. The van der Waals surface area contributed by atoms with Crippen molar-refractivity contribution in [2.75, 3.05) is 6.54 Å². The van der Waals surface area contributed by atoms with Gasteiger partial charge in [-0.2, -0.15) is 0 Å². The molecular weight excluding hydrogens is 249 g/mol. The minimum atomic E-state index is -0.586. The molecule has 0 radical (unpaired) electrons. The Kier molecular flexibility index (Phi) is 4.11. The van der Waals surface area contributed by atoms with Crippen molar-refractivity contribution in [3.05, 3.63) is 29.8 Å². The Morgan fingerprint density at radius 2 is 2.37 bits per heavy atom. The number of nitrogens with one attached hydrogen (secondary N) is 2. The van der Waals surface area contributed by atoms with Gasteiger partial charge >= 0.3 is 0 Å². The normalized spacial score (nSPS) is 12.6. The number of H-pyrrole nitrogens is 1. The minimum Gasteiger partial charge on any atom is -0.391 e. The van der Waals surface area contributed by atoms with E-state index in [2.05, 4.69) is 15.3 Å². The van der Waals surface area contributed by atoms with E-state index in [1.54, 1.807) is 0 Å². The van der Waals surface area contributed by atoms with Crippen LogP contribution in [-0.4, -0.2) is 33.6 Å². The lowest BCUT2D eigenvalue weighted by Crippen LogP contribution is -2.32. The zero-order valence-electron chi connectivity index (χ0n) is 10.6. The lowest BCUT2D eigenvalue weighted by atomic mass is 10.1. The molecule has 5 nitrogen and oxygen atoms in total. The van der Waals surface area contributed by atoms with Crippen LogP contribution in [0.3, 0.4) is 0 Å². The lowest BCUT2D eigenvalue weighted by Gasteiger charge is -2.11. The van der Waals surface area contributed by atoms with Crippen molar-refractivity contribution in [1.29, 1.82) is 0 Å². The summed E-state index contributed by atoms with van der Waals surface area (Å²) in [4.78, 5) is 18.7. The van der Waals surface area contributed by atoms with Gasteiger partial charge in [0.2, 0.25) is 0 Å². The molecule has 0 aliphatic rings. The smallest absolute Gasteiger partial charge is 0.253 e. The maximum Gasteiger partial charge on any atom is 0.253 e. The van der Waals surface area contributed by atoms with E-state index in [4.69, 9.17) is 0 Å². The van der Waals surface area contributed by atoms with Crippen LogP contribution in [0.15, 0.2) is 18.5 Å². The molecule has 1 atom stereocenters. The summed E-state index contributed by atoms with van der Waals surface area (Å²) in [5.74, 6) is -0.942. The molecule has 1 aromatic heterocycles. The van der Waals surface area contributed by atoms with Crippen LogP contribution in [0, 0.1) is 5.82 Å². The van der Waals surface area contributed by atoms with E-state index in [9.17, 15) is 14.3 Å². The highest BCUT2D eigenvalue weighted by Crippen LogP contribution is 2.17. The third-order valence-electron chi connectivity index (χ3n) is 2.85. The fraction of sp³-hybridized carbons (Fsp3) is 0.385. The summed E-state index contributed by atoms with van der Waals surface area (Å²) in [6, 6.07) is 2.43. The van der Waals surface area contributed by atoms with Crippen LogP contribution < -0.4 is 5.32 Å². The third-order valence-corrected chi connectivity index (χ3v) is 2.85. The summed E-state index contributed by atoms with van der Waals surface area (Å²) < 4.78 is 13.4. The van der Waals surface area contributed by atoms with E-state index in [0.717, 1.165) is 12.5 Å². The number of carbonyl (C=O) groups excluding carboxylic acids is 1. The molecule has 19 heavy (non-hydrogen) atoms. The van der Waals surface area contributed by atoms with Crippen LogP contribution in [0.5, 0.6) is 0 Å². The zero-order valence-corrected chi connectivity index (χ0v) is 10.6. The van der Waals surface area contributed by atoms with Crippen LogP contribution in [-0.2, 0) is 0 Å². The Morgan fingerprint density at radius 3 is 3.11 bits per heavy atom. The molecule has 1 unspecified atom stereocenters. The van der Waals surface area contributed by atoms with Crippen molar-refractivity contribution in [3.63, 3.8) is 0 Å². The van der Waals surface area contributed by atoms with Gasteiger partial charge in [-0.25, -0.2) is 9.37 Å². The number of aliphatic hydroxyl groups excluding tert-OH is 1. The average Bonchev–Trinajstić information content (AvgIpc) is 2.83. The number of hydrogen-bond acceptors (Lipinski definition) is 3. The molecule has 0 spiro atoms. The fourth-order valence-corrected chi connectivity index (χ4v) is 1.93. The van der Waals surface area contributed by atoms with Crippen LogP contribution >= 0.6 is 0 Å². The van der Waals surface area contributed by atoms with Crippen LogP contribution in [0.1, 0.15) is 30.1 Å². The first-order valence-electron chi connectivity index (χ1n) is 6.20. The highest BCUT2D eigenvalue weighted by Gasteiger charge is 2.15. The number of hydrogen-bond donors (Lipinski definition) is 3. The third kappa shape index (κ3) is 3.08. The molecule has 0 saturated heterocycles. The van der Waals surface area contributed by atoms with E-state index in [1.165, 1.54) is 12.4 Å². The van der Waals surface area contributed by atoms with E-state index in [1.807, 2.05) is 6.92 Å². The second kappa shape index (κ2) is 5.79. The Labute approximate surface area is 109 Å². The highest BCUT2D eigenvalue weighted by atomic mass is 19.1. The quantitative estimate of drug-likeness (QED) is 0.768. The van der Waals surface area contributed by atoms with Gasteiger partial charge in [-0.3, -0.25) is 4.79 Å². The Morgan fingerprint density at radius 1 is 1.58 bits per heavy atom. The number of amides is 1. The van der Waals surface area contributed by atoms with Gasteiger partial charge in [0.15, 0.2) is 0 Å². The average molecular weight is 265 g/mol. The number of benzene rings is 1. The molecule has 0 fully saturated rings. The molecule has 0 aliphatic heterocycles. The standard InChI is InChI=1S/C13H16FN3O2/c1-2-3-9(18)6-15-13(19)10-4-8(14)5-11-12(10)17-7-16-11/h4-5,7,9,18H,2-3,6H2,1H3,(H,15,19)(H,16,17). The predicted molar refractivity (Wildman–Crippen MR) is 69.3 cm³/mol. The number of rotatable bonds is 5. The van der Waals surface area contributed by atoms with Crippen molar-refractivity contribution < 1.29 is 14.3 Å². The summed E-state index contributed by atoms with van der Waals surface area (Å²) in [5.41, 5.74) is 1.06. The van der Waals surface area contributed by atoms with Gasteiger partial charge < -0.3 is 15.4 Å². The SMILES string of the molecule is CCCC(O)CNC(=O)c1cc(F)cc2[nH]cnc12. The first-order valence-corrected chi connectivity index (χ1v) is 6.20. The number of aromatic nitrogens is 2. The number of carbonyl (C=O) groups is 1. The molecule has 0 bridgehead atoms. The van der Waals surface area contributed by atoms with Crippen molar-refractivity contribution in [2.24, 2.45) is 0 Å². The molecule has 1 heterocycles. The fourth-order valence-electron chi connectivity index (χ4n) is 1.93. The molecule has 0 saturated carbocycles. The molecule has 1 aromatic carbocycles. The monoisotopic (exact) mass is 265 g/mol. The van der Waals surface area contributed by atoms with Gasteiger partial charge in [0.1, 0.15) is 11.3 Å². The van der Waals surface area contributed by atoms with Crippen LogP contribution in [0.4, 0.5) is 4.39 Å². The maximum absolute atomic E-state index is 13.4. The van der Waals surface area contributed by atoms with Gasteiger partial charge in [0, 0.05) is 6.54 Å². The molecule has 3 N–H and O–H groups in total. The summed E-state index contributed by atoms with van der Waals surface area (Å²) in [5, 5.41) is 12.1. The van der Waals surface area contributed by atoms with E-state index in [-0.39, 0.29) is 12.1 Å². The first kappa shape index (κ1) is 13.5. The molecule has 2 aromatic rings. The molecule has 0 aliphatic carbocycles. The Hall–Kier alpha value is -1.95. The van der Waals surface area contributed by atoms with Crippen molar-refractivity contribution in [2.45, 2.75) is 25.9 Å². The minimum absolute atomic E-state index is 0.148. The molecular formula is C13H16FN3O2. The second-order valence-electron chi connectivity index (χ2n) is 4.40. The van der Waals surface area contributed by atoms with Gasteiger partial charge in [0.05, 0.1) is 23.5 Å². The summed E-state index contributed by atoms with van der Waals surface area (Å²) in [6.45, 7) is 2.10. The number of fused-ring (bicyclic) bond motifs is 1. The van der Waals surface area contributed by atoms with Gasteiger partial charge in [-0.15, -0.1) is 0 Å². The molecule has 6 heteroatoms. The van der Waals surface area contributed by atoms with Crippen LogP contribution in [0.25, 0.3) is 11.0 Å². The zero-order chi connectivity index (χ0) is 13.8. The summed E-state index contributed by atoms with van der Waals surface area (Å²) in [7, 11) is 0. The highest BCUT2D eigenvalue weighted by molar-refractivity contribution is 6.04. The van der Waals surface area contributed by atoms with Gasteiger partial charge in [-0.1, -0.05) is 13.3 Å². The van der Waals surface area contributed by atoms with Crippen molar-refractivity contribution in [1.82, 2.24) is 15.3 Å². The maximum atomic E-state index is 13.4. The molecule has 1 amide bonds. The number of imidazole rings is 1. The van der Waals surface area contributed by atoms with E-state index >= 15 is 0 Å². The molecule has 2 rings (SSSR count). The Balaban J connectivity index is 2.15. The number of aliphatic hydroxyl groups is 1. The predicted octanol–water partition coefficient (Wildman–Crippen LogP) is 1.59. The largest absolute Gasteiger partial charge is 0.391 e. The van der Waals surface area contributed by atoms with Crippen LogP contribution in [0.2, 0.25) is 0 Å². The number of halogens is 1. The number of aromatic amines is 1. The summed E-state index contributed by atoms with van der Waals surface area (Å²) >= 11 is 0. The van der Waals surface area contributed by atoms with Crippen molar-refractivity contribution >= 4 is 16.9 Å². The number of nitrogens with zero attached hydrogens (tertiary/aromatic N) is 1. The Bertz CT molecular complexity index is 582. The first-order chi connectivity index (χ1) is 9.11. The van der Waals surface area contributed by atoms with E-state index < -0.39 is 17.8 Å². The van der Waals surface area contributed by atoms with Crippen molar-refractivity contribution in [3.8, 4) is 0 Å². The summed E-state index contributed by atoms with van der Waals surface area (Å²) in [6.07, 6.45) is 2.27. The lowest BCUT2D eigenvalue weighted by molar-refractivity contribution is 0.0911. The molecule has 102 valence electrons. The van der Waals surface area contributed by atoms with Gasteiger partial charge in [0.25, 0.3) is 5.91 Å². The topological polar surface area (TPSA) is 78.0 Å².